The third-order valence-corrected chi connectivity index (χ3v) is 3.81. The van der Waals surface area contributed by atoms with Crippen LogP contribution in [0, 0.1) is 6.92 Å². The molecule has 0 aliphatic carbocycles. The van der Waals surface area contributed by atoms with Gasteiger partial charge in [-0.15, -0.1) is 11.3 Å². The van der Waals surface area contributed by atoms with E-state index in [0.29, 0.717) is 5.56 Å². The maximum Gasteiger partial charge on any atom is 0.207 e. The molecule has 0 saturated heterocycles. The number of fused-ring (bicyclic) bond motifs is 1. The van der Waals surface area contributed by atoms with E-state index in [2.05, 4.69) is 0 Å². The highest BCUT2D eigenvalue weighted by Crippen LogP contribution is 2.26. The lowest BCUT2D eigenvalue weighted by Crippen LogP contribution is -1.98. The van der Waals surface area contributed by atoms with Crippen molar-refractivity contribution < 1.29 is 9.21 Å². The molecule has 0 aliphatic heterocycles. The van der Waals surface area contributed by atoms with E-state index >= 15 is 0 Å². The Morgan fingerprint density at radius 2 is 2.06 bits per heavy atom. The highest BCUT2D eigenvalue weighted by atomic mass is 32.1. The first-order chi connectivity index (χ1) is 8.27. The minimum Gasteiger partial charge on any atom is -0.464 e. The first kappa shape index (κ1) is 10.3. The number of thiophene rings is 1. The van der Waals surface area contributed by atoms with E-state index in [4.69, 9.17) is 4.42 Å². The maximum atomic E-state index is 12.4. The van der Waals surface area contributed by atoms with Crippen molar-refractivity contribution >= 4 is 28.1 Å². The Kier molecular flexibility index (Phi) is 2.34. The molecule has 0 amide bonds. The zero-order valence-corrected chi connectivity index (χ0v) is 10.1. The Bertz CT molecular complexity index is 691. The monoisotopic (exact) mass is 242 g/mol. The van der Waals surface area contributed by atoms with Crippen LogP contribution in [0.5, 0.6) is 0 Å². The average Bonchev–Trinajstić information content (AvgIpc) is 2.94. The predicted molar refractivity (Wildman–Crippen MR) is 68.7 cm³/mol. The third-order valence-electron chi connectivity index (χ3n) is 2.79. The summed E-state index contributed by atoms with van der Waals surface area (Å²) in [6.07, 6.45) is 1.55. The Morgan fingerprint density at radius 1 is 1.24 bits per heavy atom. The van der Waals surface area contributed by atoms with Gasteiger partial charge in [0, 0.05) is 5.39 Å². The number of para-hydroxylation sites is 1. The predicted octanol–water partition coefficient (Wildman–Crippen LogP) is 4.03. The lowest BCUT2D eigenvalue weighted by atomic mass is 10.1. The molecule has 0 spiro atoms. The van der Waals surface area contributed by atoms with Gasteiger partial charge in [-0.05, 0) is 30.0 Å². The number of aryl methyl sites for hydroxylation is 1. The zero-order valence-electron chi connectivity index (χ0n) is 9.27. The van der Waals surface area contributed by atoms with Gasteiger partial charge in [0.15, 0.2) is 0 Å². The van der Waals surface area contributed by atoms with Crippen molar-refractivity contribution in [3.63, 3.8) is 0 Å². The molecule has 3 heteroatoms. The number of carbonyl (C=O) groups is 1. The summed E-state index contributed by atoms with van der Waals surface area (Å²) < 4.78 is 5.39. The molecule has 0 N–H and O–H groups in total. The van der Waals surface area contributed by atoms with E-state index < -0.39 is 0 Å². The molecule has 0 unspecified atom stereocenters. The molecule has 0 fully saturated rings. The summed E-state index contributed by atoms with van der Waals surface area (Å²) >= 11 is 1.47. The van der Waals surface area contributed by atoms with Crippen LogP contribution in [0.15, 0.2) is 46.4 Å². The quantitative estimate of drug-likeness (QED) is 0.635. The number of hydrogen-bond donors (Lipinski definition) is 0. The van der Waals surface area contributed by atoms with Crippen LogP contribution in [-0.2, 0) is 0 Å². The molecule has 1 aromatic carbocycles. The maximum absolute atomic E-state index is 12.4. The number of carbonyl (C=O) groups excluding carboxylic acids is 1. The van der Waals surface area contributed by atoms with Crippen LogP contribution in [0.3, 0.4) is 0 Å². The molecule has 3 rings (SSSR count). The highest BCUT2D eigenvalue weighted by molar-refractivity contribution is 7.12. The molecular formula is C14H10O2S. The lowest BCUT2D eigenvalue weighted by Gasteiger charge is -1.96. The Balaban J connectivity index is 2.17. The molecule has 2 aromatic heterocycles. The highest BCUT2D eigenvalue weighted by Gasteiger charge is 2.17. The topological polar surface area (TPSA) is 30.2 Å². The van der Waals surface area contributed by atoms with Gasteiger partial charge in [-0.25, -0.2) is 0 Å². The Hall–Kier alpha value is -1.87. The number of benzene rings is 1. The number of ketones is 1. The Labute approximate surface area is 102 Å². The summed E-state index contributed by atoms with van der Waals surface area (Å²) in [5.74, 6) is 0.0439. The molecule has 0 atom stereocenters. The molecular weight excluding hydrogens is 232 g/mol. The van der Waals surface area contributed by atoms with E-state index in [-0.39, 0.29) is 5.78 Å². The van der Waals surface area contributed by atoms with Crippen LogP contribution >= 0.6 is 11.3 Å². The molecule has 17 heavy (non-hydrogen) atoms. The third kappa shape index (κ3) is 1.59. The number of hydrogen-bond acceptors (Lipinski definition) is 3. The van der Waals surface area contributed by atoms with Crippen molar-refractivity contribution in [1.82, 2.24) is 0 Å². The van der Waals surface area contributed by atoms with Crippen LogP contribution in [-0.4, -0.2) is 5.78 Å². The first-order valence-corrected chi connectivity index (χ1v) is 6.20. The fourth-order valence-corrected chi connectivity index (χ4v) is 2.76. The zero-order chi connectivity index (χ0) is 11.8. The van der Waals surface area contributed by atoms with Gasteiger partial charge < -0.3 is 4.42 Å². The van der Waals surface area contributed by atoms with E-state index in [9.17, 15) is 4.79 Å². The minimum absolute atomic E-state index is 0.0439. The first-order valence-electron chi connectivity index (χ1n) is 5.32. The second kappa shape index (κ2) is 3.86. The Morgan fingerprint density at radius 3 is 2.82 bits per heavy atom. The van der Waals surface area contributed by atoms with Gasteiger partial charge in [0.05, 0.1) is 10.4 Å². The number of rotatable bonds is 2. The normalized spacial score (nSPS) is 10.9. The molecule has 84 valence electrons. The van der Waals surface area contributed by atoms with Crippen LogP contribution < -0.4 is 0 Å². The largest absolute Gasteiger partial charge is 0.464 e. The standard InChI is InChI=1S/C14H10O2S/c1-9-6-7-17-14(9)13(15)11-8-16-12-5-3-2-4-10(11)12/h2-8H,1H3. The van der Waals surface area contributed by atoms with Crippen LogP contribution in [0.1, 0.15) is 20.8 Å². The van der Waals surface area contributed by atoms with Gasteiger partial charge in [0.25, 0.3) is 0 Å². The lowest BCUT2D eigenvalue weighted by molar-refractivity contribution is 0.104. The van der Waals surface area contributed by atoms with Crippen LogP contribution in [0.25, 0.3) is 11.0 Å². The second-order valence-corrected chi connectivity index (χ2v) is 4.82. The summed E-state index contributed by atoms with van der Waals surface area (Å²) in [4.78, 5) is 13.1. The van der Waals surface area contributed by atoms with Crippen molar-refractivity contribution in [3.05, 3.63) is 58.0 Å². The summed E-state index contributed by atoms with van der Waals surface area (Å²) in [6, 6.07) is 9.55. The van der Waals surface area contributed by atoms with Gasteiger partial charge in [0.2, 0.25) is 5.78 Å². The second-order valence-electron chi connectivity index (χ2n) is 3.91. The van der Waals surface area contributed by atoms with Crippen molar-refractivity contribution in [1.29, 1.82) is 0 Å². The molecule has 0 aliphatic rings. The minimum atomic E-state index is 0.0439. The van der Waals surface area contributed by atoms with Crippen LogP contribution in [0.2, 0.25) is 0 Å². The van der Waals surface area contributed by atoms with Gasteiger partial charge >= 0.3 is 0 Å². The van der Waals surface area contributed by atoms with E-state index in [1.54, 1.807) is 6.26 Å². The molecule has 2 heterocycles. The summed E-state index contributed by atoms with van der Waals surface area (Å²) in [6.45, 7) is 1.95. The van der Waals surface area contributed by atoms with E-state index in [0.717, 1.165) is 21.4 Å². The van der Waals surface area contributed by atoms with Gasteiger partial charge in [-0.2, -0.15) is 0 Å². The molecule has 2 nitrogen and oxygen atoms in total. The SMILES string of the molecule is Cc1ccsc1C(=O)c1coc2ccccc12. The fourth-order valence-electron chi connectivity index (χ4n) is 1.88. The molecule has 0 radical (unpaired) electrons. The van der Waals surface area contributed by atoms with Gasteiger partial charge in [-0.3, -0.25) is 4.79 Å². The average molecular weight is 242 g/mol. The smallest absolute Gasteiger partial charge is 0.207 e. The van der Waals surface area contributed by atoms with E-state index in [1.165, 1.54) is 11.3 Å². The molecule has 0 saturated carbocycles. The van der Waals surface area contributed by atoms with Crippen molar-refractivity contribution in [2.24, 2.45) is 0 Å². The van der Waals surface area contributed by atoms with Crippen molar-refractivity contribution in [2.75, 3.05) is 0 Å². The summed E-state index contributed by atoms with van der Waals surface area (Å²) in [7, 11) is 0. The van der Waals surface area contributed by atoms with Gasteiger partial charge in [-0.1, -0.05) is 18.2 Å². The summed E-state index contributed by atoms with van der Waals surface area (Å²) in [5, 5.41) is 2.82. The van der Waals surface area contributed by atoms with Gasteiger partial charge in [0.1, 0.15) is 11.8 Å². The van der Waals surface area contributed by atoms with Crippen LogP contribution in [0.4, 0.5) is 0 Å². The van der Waals surface area contributed by atoms with Crippen molar-refractivity contribution in [2.45, 2.75) is 6.92 Å². The summed E-state index contributed by atoms with van der Waals surface area (Å²) in [5.41, 5.74) is 2.42. The molecule has 0 bridgehead atoms. The molecule has 3 aromatic rings. The fraction of sp³-hybridized carbons (Fsp3) is 0.0714. The number of furan rings is 1. The van der Waals surface area contributed by atoms with E-state index in [1.807, 2.05) is 42.6 Å². The van der Waals surface area contributed by atoms with Crippen molar-refractivity contribution in [3.8, 4) is 0 Å².